The van der Waals surface area contributed by atoms with E-state index in [-0.39, 0.29) is 57.6 Å². The molecular formula is C49H58F2N10O7. The average Bonchev–Trinajstić information content (AvgIpc) is 4.08. The van der Waals surface area contributed by atoms with Gasteiger partial charge in [0.1, 0.15) is 24.7 Å². The van der Waals surface area contributed by atoms with Crippen molar-refractivity contribution < 1.29 is 42.7 Å². The summed E-state index contributed by atoms with van der Waals surface area (Å²) in [5.74, 6) is 7.20. The quantitative estimate of drug-likeness (QED) is 0.0724. The Hall–Kier alpha value is -5.21. The summed E-state index contributed by atoms with van der Waals surface area (Å²) < 4.78 is 59.0. The summed E-state index contributed by atoms with van der Waals surface area (Å²) in [5.41, 5.74) is 9.08. The van der Waals surface area contributed by atoms with Crippen LogP contribution in [0.3, 0.4) is 0 Å². The largest absolute Gasteiger partial charge is 0.508 e. The molecule has 2 unspecified atom stereocenters. The molecule has 68 heavy (non-hydrogen) atoms. The number of carbonyl (C=O) groups is 1. The van der Waals surface area contributed by atoms with Crippen LogP contribution in [-0.2, 0) is 18.9 Å². The molecule has 4 aromatic rings. The highest BCUT2D eigenvalue weighted by molar-refractivity contribution is 5.82. The standard InChI is InChI=1S/C49H58F2N10O7/c1-3-48(21-62)31(11-35(67-48)60-23-54-37-39(52)56-43(50)58-41(37)60)33(19-46-13-25-5-26(14-46)7-27(6-25)15-46)65-45(64)66-34(20-47-16-28-8-29(17-47)10-30(9-28)18-47)32-12-36(68-49(32,4-2)22-63)61-24-55-38-40(53)57-44(51)59-42(38)61/h1-2,23-36,62-63H,5-22H2,(H2,52,56,58)(H2,53,57,59)/t25?,26?,27?,28?,29?,30?,31-,32-,33?,34?,35+,36+,46?,47?,48+,49+/m0/s1. The van der Waals surface area contributed by atoms with Crippen LogP contribution in [0.4, 0.5) is 25.2 Å². The van der Waals surface area contributed by atoms with E-state index in [0.29, 0.717) is 48.3 Å². The smallest absolute Gasteiger partial charge is 0.430 e. The number of aliphatic hydroxyl groups excluding tert-OH is 2. The molecular weight excluding hydrogens is 879 g/mol. The predicted molar refractivity (Wildman–Crippen MR) is 239 cm³/mol. The number of nitrogens with two attached hydrogens (primary N) is 2. The second-order valence-corrected chi connectivity index (χ2v) is 22.4. The first-order chi connectivity index (χ1) is 32.7. The molecule has 8 atom stereocenters. The number of rotatable bonds is 12. The van der Waals surface area contributed by atoms with Crippen LogP contribution in [0, 0.1) is 95.0 Å². The van der Waals surface area contributed by atoms with Crippen molar-refractivity contribution in [2.75, 3.05) is 24.7 Å². The van der Waals surface area contributed by atoms with Crippen molar-refractivity contribution in [3.8, 4) is 24.7 Å². The molecule has 2 aliphatic heterocycles. The summed E-state index contributed by atoms with van der Waals surface area (Å²) in [5, 5.41) is 22.5. The topological polar surface area (TPSA) is 234 Å². The number of nitrogens with zero attached hydrogens (tertiary/aromatic N) is 8. The Morgan fingerprint density at radius 3 is 1.34 bits per heavy atom. The molecule has 6 N–H and O–H groups in total. The predicted octanol–water partition coefficient (Wildman–Crippen LogP) is 6.01. The van der Waals surface area contributed by atoms with E-state index in [4.69, 9.17) is 43.3 Å². The summed E-state index contributed by atoms with van der Waals surface area (Å²) in [6.45, 7) is -1.20. The van der Waals surface area contributed by atoms with Gasteiger partial charge in [0.15, 0.2) is 45.2 Å². The highest BCUT2D eigenvalue weighted by Gasteiger charge is 2.60. The van der Waals surface area contributed by atoms with Gasteiger partial charge in [-0.05, 0) is 136 Å². The van der Waals surface area contributed by atoms with Gasteiger partial charge >= 0.3 is 18.3 Å². The monoisotopic (exact) mass is 936 g/mol. The number of aliphatic hydroxyl groups is 2. The number of ether oxygens (including phenoxy) is 4. The lowest BCUT2D eigenvalue weighted by Crippen LogP contribution is -2.52. The Morgan fingerprint density at radius 2 is 1.01 bits per heavy atom. The van der Waals surface area contributed by atoms with Crippen molar-refractivity contribution >= 4 is 40.1 Å². The van der Waals surface area contributed by atoms with Gasteiger partial charge in [0, 0.05) is 24.7 Å². The maximum atomic E-state index is 15.1. The van der Waals surface area contributed by atoms with Crippen LogP contribution in [0.5, 0.6) is 0 Å². The number of imidazole rings is 2. The van der Waals surface area contributed by atoms with Crippen LogP contribution in [0.15, 0.2) is 12.7 Å². The summed E-state index contributed by atoms with van der Waals surface area (Å²) in [7, 11) is 0. The normalized spacial score (nSPS) is 39.6. The fourth-order valence-corrected chi connectivity index (χ4v) is 16.5. The highest BCUT2D eigenvalue weighted by Crippen LogP contribution is 2.64. The van der Waals surface area contributed by atoms with Gasteiger partial charge < -0.3 is 40.6 Å². The molecule has 6 heterocycles. The minimum absolute atomic E-state index is 0.0951. The number of hydrogen-bond donors (Lipinski definition) is 4. The third kappa shape index (κ3) is 7.11. The number of nitrogen functional groups attached to an aromatic ring is 2. The van der Waals surface area contributed by atoms with Gasteiger partial charge in [0.05, 0.1) is 25.9 Å². The van der Waals surface area contributed by atoms with E-state index in [1.165, 1.54) is 60.3 Å². The summed E-state index contributed by atoms with van der Waals surface area (Å²) in [6.07, 6.45) is 23.4. The van der Waals surface area contributed by atoms with Gasteiger partial charge in [0.25, 0.3) is 0 Å². The average molecular weight is 937 g/mol. The molecule has 2 saturated heterocycles. The molecule has 8 saturated carbocycles. The molecule has 19 heteroatoms. The van der Waals surface area contributed by atoms with Gasteiger partial charge in [-0.15, -0.1) is 12.8 Å². The lowest BCUT2D eigenvalue weighted by atomic mass is 9.48. The molecule has 10 fully saturated rings. The van der Waals surface area contributed by atoms with E-state index in [9.17, 15) is 19.0 Å². The van der Waals surface area contributed by atoms with E-state index in [2.05, 4.69) is 41.7 Å². The van der Waals surface area contributed by atoms with Gasteiger partial charge in [-0.25, -0.2) is 14.8 Å². The third-order valence-electron chi connectivity index (χ3n) is 18.2. The van der Waals surface area contributed by atoms with E-state index in [0.717, 1.165) is 38.5 Å². The second kappa shape index (κ2) is 15.9. The van der Waals surface area contributed by atoms with Crippen LogP contribution >= 0.6 is 0 Å². The van der Waals surface area contributed by atoms with Crippen LogP contribution in [0.2, 0.25) is 0 Å². The molecule has 360 valence electrons. The lowest BCUT2D eigenvalue weighted by Gasteiger charge is -2.58. The maximum absolute atomic E-state index is 15.1. The minimum Gasteiger partial charge on any atom is -0.430 e. The number of hydrogen-bond acceptors (Lipinski definition) is 15. The van der Waals surface area contributed by atoms with Crippen LogP contribution < -0.4 is 11.5 Å². The SMILES string of the molecule is C#C[C@]1(CO)O[C@@H](n2cnc3c(N)nc(F)nc32)C[C@H]1C(CC12CC3CC(CC(C3)C1)C2)OC(=O)OC(CC12CC3CC(CC(C3)C1)C2)[C@@H]1C[C@H](n2cnc3c(N)nc(F)nc32)O[C@]1(C#C)CO. The number of carbonyl (C=O) groups excluding carboxylic acids is 1. The number of anilines is 2. The van der Waals surface area contributed by atoms with Gasteiger partial charge in [-0.1, -0.05) is 11.8 Å². The third-order valence-corrected chi connectivity index (χ3v) is 18.2. The molecule has 4 aromatic heterocycles. The Balaban J connectivity index is 0.902. The van der Waals surface area contributed by atoms with Crippen molar-refractivity contribution in [3.63, 3.8) is 0 Å². The zero-order valence-electron chi connectivity index (χ0n) is 37.9. The molecule has 10 aliphatic rings. The van der Waals surface area contributed by atoms with Gasteiger partial charge in [-0.3, -0.25) is 9.13 Å². The summed E-state index contributed by atoms with van der Waals surface area (Å²) in [4.78, 5) is 39.1. The fraction of sp³-hybridized carbons (Fsp3) is 0.694. The van der Waals surface area contributed by atoms with Crippen molar-refractivity contribution in [1.29, 1.82) is 0 Å². The zero-order valence-corrected chi connectivity index (χ0v) is 37.9. The van der Waals surface area contributed by atoms with E-state index in [1.807, 2.05) is 0 Å². The Bertz CT molecular complexity index is 2500. The Labute approximate surface area is 391 Å². The summed E-state index contributed by atoms with van der Waals surface area (Å²) >= 11 is 0. The second-order valence-electron chi connectivity index (χ2n) is 22.4. The van der Waals surface area contributed by atoms with Crippen molar-refractivity contribution in [2.24, 2.45) is 58.2 Å². The number of aromatic nitrogens is 8. The van der Waals surface area contributed by atoms with Gasteiger partial charge in [-0.2, -0.15) is 28.7 Å². The molecule has 17 nitrogen and oxygen atoms in total. The Morgan fingerprint density at radius 1 is 0.662 bits per heavy atom. The highest BCUT2D eigenvalue weighted by atomic mass is 19.1. The molecule has 8 bridgehead atoms. The van der Waals surface area contributed by atoms with Crippen molar-refractivity contribution in [3.05, 3.63) is 24.8 Å². The van der Waals surface area contributed by atoms with E-state index in [1.54, 1.807) is 0 Å². The zero-order chi connectivity index (χ0) is 46.9. The summed E-state index contributed by atoms with van der Waals surface area (Å²) in [6, 6.07) is 0. The number of terminal acetylenes is 2. The Kier molecular flexibility index (Phi) is 10.3. The molecule has 8 aliphatic carbocycles. The lowest BCUT2D eigenvalue weighted by molar-refractivity contribution is -0.135. The molecule has 0 amide bonds. The number of halogens is 2. The molecule has 0 spiro atoms. The first kappa shape index (κ1) is 44.0. The van der Waals surface area contributed by atoms with Gasteiger partial charge in [0.2, 0.25) is 0 Å². The molecule has 0 radical (unpaired) electrons. The fourth-order valence-electron chi connectivity index (χ4n) is 16.5. The molecule has 0 aromatic carbocycles. The van der Waals surface area contributed by atoms with E-state index < -0.39 is 79.2 Å². The van der Waals surface area contributed by atoms with E-state index >= 15 is 4.79 Å². The first-order valence-electron chi connectivity index (χ1n) is 24.4. The van der Waals surface area contributed by atoms with Crippen LogP contribution in [-0.4, -0.2) is 92.0 Å². The van der Waals surface area contributed by atoms with Crippen LogP contribution in [0.1, 0.15) is 115 Å². The molecule has 14 rings (SSSR count). The first-order valence-corrected chi connectivity index (χ1v) is 24.4. The number of fused-ring (bicyclic) bond motifs is 2. The maximum Gasteiger partial charge on any atom is 0.508 e. The van der Waals surface area contributed by atoms with Crippen LogP contribution in [0.25, 0.3) is 22.3 Å². The minimum atomic E-state index is -1.63. The van der Waals surface area contributed by atoms with Crippen molar-refractivity contribution in [2.45, 2.75) is 139 Å². The van der Waals surface area contributed by atoms with Crippen molar-refractivity contribution in [1.82, 2.24) is 39.0 Å².